The van der Waals surface area contributed by atoms with Crippen molar-refractivity contribution < 1.29 is 9.59 Å². The van der Waals surface area contributed by atoms with Gasteiger partial charge in [-0.1, -0.05) is 30.3 Å². The number of hydrogen-bond acceptors (Lipinski definition) is 4. The number of piperazine rings is 1. The van der Waals surface area contributed by atoms with E-state index in [-0.39, 0.29) is 18.4 Å². The molecule has 2 aromatic rings. The summed E-state index contributed by atoms with van der Waals surface area (Å²) in [5.74, 6) is -0.00563. The number of amides is 2. The number of thiazole rings is 1. The predicted octanol–water partition coefficient (Wildman–Crippen LogP) is 1.95. The molecule has 0 N–H and O–H groups in total. The number of hydrogen-bond donors (Lipinski definition) is 0. The first-order valence-electron chi connectivity index (χ1n) is 7.64. The Morgan fingerprint density at radius 3 is 2.74 bits per heavy atom. The molecule has 1 aliphatic rings. The molecule has 23 heavy (non-hydrogen) atoms. The number of carbonyl (C=O) groups excluding carboxylic acids is 2. The van der Waals surface area contributed by atoms with Crippen LogP contribution >= 0.6 is 11.3 Å². The van der Waals surface area contributed by atoms with Crippen molar-refractivity contribution in [3.05, 3.63) is 52.5 Å². The van der Waals surface area contributed by atoms with Crippen LogP contribution in [0.2, 0.25) is 0 Å². The highest BCUT2D eigenvalue weighted by Gasteiger charge is 2.36. The maximum absolute atomic E-state index is 12.5. The molecule has 3 rings (SSSR count). The molecule has 0 bridgehead atoms. The minimum Gasteiger partial charge on any atom is -0.331 e. The molecular formula is C17H19N3O2S. The molecule has 1 saturated heterocycles. The quantitative estimate of drug-likeness (QED) is 0.842. The van der Waals surface area contributed by atoms with E-state index in [0.29, 0.717) is 13.1 Å². The molecule has 6 heteroatoms. The van der Waals surface area contributed by atoms with Gasteiger partial charge in [0.1, 0.15) is 6.04 Å². The highest BCUT2D eigenvalue weighted by atomic mass is 32.1. The van der Waals surface area contributed by atoms with E-state index in [2.05, 4.69) is 4.98 Å². The van der Waals surface area contributed by atoms with Gasteiger partial charge in [-0.3, -0.25) is 9.59 Å². The summed E-state index contributed by atoms with van der Waals surface area (Å²) >= 11 is 1.49. The van der Waals surface area contributed by atoms with E-state index >= 15 is 0 Å². The van der Waals surface area contributed by atoms with Gasteiger partial charge in [-0.25, -0.2) is 4.98 Å². The van der Waals surface area contributed by atoms with Gasteiger partial charge in [0.25, 0.3) is 0 Å². The molecule has 1 aromatic heterocycles. The van der Waals surface area contributed by atoms with Gasteiger partial charge in [-0.15, -0.1) is 11.3 Å². The van der Waals surface area contributed by atoms with E-state index in [4.69, 9.17) is 0 Å². The first kappa shape index (κ1) is 15.7. The lowest BCUT2D eigenvalue weighted by Crippen LogP contribution is -2.58. The van der Waals surface area contributed by atoms with Crippen LogP contribution in [0.5, 0.6) is 0 Å². The van der Waals surface area contributed by atoms with Gasteiger partial charge in [0.15, 0.2) is 0 Å². The summed E-state index contributed by atoms with van der Waals surface area (Å²) < 4.78 is 0. The maximum Gasteiger partial charge on any atom is 0.245 e. The van der Waals surface area contributed by atoms with Gasteiger partial charge in [0, 0.05) is 11.9 Å². The van der Waals surface area contributed by atoms with Crippen LogP contribution in [0.1, 0.15) is 18.2 Å². The summed E-state index contributed by atoms with van der Waals surface area (Å²) in [5.41, 5.74) is 3.74. The summed E-state index contributed by atoms with van der Waals surface area (Å²) in [4.78, 5) is 32.4. The minimum absolute atomic E-state index is 0.00996. The Kier molecular flexibility index (Phi) is 4.71. The number of carbonyl (C=O) groups is 2. The van der Waals surface area contributed by atoms with Crippen LogP contribution in [0.25, 0.3) is 0 Å². The Labute approximate surface area is 139 Å². The molecule has 120 valence electrons. The fraction of sp³-hybridized carbons (Fsp3) is 0.353. The minimum atomic E-state index is -0.436. The zero-order chi connectivity index (χ0) is 16.2. The Balaban J connectivity index is 1.63. The molecule has 2 amide bonds. The molecule has 0 radical (unpaired) electrons. The number of nitrogens with zero attached hydrogens (tertiary/aromatic N) is 3. The number of rotatable bonds is 5. The van der Waals surface area contributed by atoms with E-state index in [9.17, 15) is 9.59 Å². The lowest BCUT2D eigenvalue weighted by molar-refractivity contribution is -0.155. The van der Waals surface area contributed by atoms with Crippen LogP contribution in [0.4, 0.5) is 0 Å². The molecule has 1 aromatic carbocycles. The van der Waals surface area contributed by atoms with Gasteiger partial charge in [-0.2, -0.15) is 0 Å². The molecule has 1 aliphatic heterocycles. The monoisotopic (exact) mass is 329 g/mol. The molecule has 1 atom stereocenters. The Morgan fingerprint density at radius 1 is 1.26 bits per heavy atom. The van der Waals surface area contributed by atoms with Crippen molar-refractivity contribution in [3.63, 3.8) is 0 Å². The lowest BCUT2D eigenvalue weighted by atomic mass is 10.1. The van der Waals surface area contributed by atoms with Crippen LogP contribution in [0.15, 0.2) is 41.2 Å². The summed E-state index contributed by atoms with van der Waals surface area (Å²) in [5, 5.41) is 1.91. The van der Waals surface area contributed by atoms with Crippen LogP contribution in [0, 0.1) is 0 Å². The topological polar surface area (TPSA) is 53.5 Å². The van der Waals surface area contributed by atoms with Crippen molar-refractivity contribution >= 4 is 23.2 Å². The molecule has 5 nitrogen and oxygen atoms in total. The summed E-state index contributed by atoms with van der Waals surface area (Å²) in [7, 11) is 0. The molecular weight excluding hydrogens is 310 g/mol. The summed E-state index contributed by atoms with van der Waals surface area (Å²) in [6, 6.07) is 9.57. The highest BCUT2D eigenvalue weighted by Crippen LogP contribution is 2.17. The van der Waals surface area contributed by atoms with E-state index in [1.807, 2.05) is 35.7 Å². The standard InChI is InChI=1S/C17H19N3O2S/c1-13-17(22)19(8-7-14-5-3-2-4-6-14)10-16(21)20(13)9-15-11-23-12-18-15/h2-6,11-13H,7-10H2,1H3/t13-/m0/s1. The third kappa shape index (κ3) is 3.59. The van der Waals surface area contributed by atoms with E-state index in [0.717, 1.165) is 12.1 Å². The van der Waals surface area contributed by atoms with Gasteiger partial charge in [0.05, 0.1) is 24.3 Å². The molecule has 0 aliphatic carbocycles. The SMILES string of the molecule is C[C@H]1C(=O)N(CCc2ccccc2)CC(=O)N1Cc1cscn1. The molecule has 0 saturated carbocycles. The van der Waals surface area contributed by atoms with Crippen LogP contribution in [-0.4, -0.2) is 45.7 Å². The van der Waals surface area contributed by atoms with E-state index < -0.39 is 6.04 Å². The van der Waals surface area contributed by atoms with Crippen molar-refractivity contribution in [3.8, 4) is 0 Å². The predicted molar refractivity (Wildman–Crippen MR) is 88.9 cm³/mol. The summed E-state index contributed by atoms with van der Waals surface area (Å²) in [6.45, 7) is 2.92. The second-order valence-electron chi connectivity index (χ2n) is 5.67. The average molecular weight is 329 g/mol. The van der Waals surface area contributed by atoms with Crippen molar-refractivity contribution in [2.24, 2.45) is 0 Å². The summed E-state index contributed by atoms with van der Waals surface area (Å²) in [6.07, 6.45) is 0.763. The van der Waals surface area contributed by atoms with Gasteiger partial charge in [-0.05, 0) is 18.9 Å². The first-order valence-corrected chi connectivity index (χ1v) is 8.58. The maximum atomic E-state index is 12.5. The second kappa shape index (κ2) is 6.91. The molecule has 2 heterocycles. The second-order valence-corrected chi connectivity index (χ2v) is 6.39. The zero-order valence-corrected chi connectivity index (χ0v) is 13.8. The van der Waals surface area contributed by atoms with Crippen molar-refractivity contribution in [2.75, 3.05) is 13.1 Å². The first-order chi connectivity index (χ1) is 11.1. The number of benzene rings is 1. The van der Waals surface area contributed by atoms with Crippen molar-refractivity contribution in [2.45, 2.75) is 25.9 Å². The Morgan fingerprint density at radius 2 is 2.04 bits per heavy atom. The van der Waals surface area contributed by atoms with Gasteiger partial charge < -0.3 is 9.80 Å². The zero-order valence-electron chi connectivity index (χ0n) is 13.0. The van der Waals surface area contributed by atoms with Crippen LogP contribution in [-0.2, 0) is 22.6 Å². The fourth-order valence-electron chi connectivity index (χ4n) is 2.76. The van der Waals surface area contributed by atoms with Crippen LogP contribution in [0.3, 0.4) is 0 Å². The highest BCUT2D eigenvalue weighted by molar-refractivity contribution is 7.07. The van der Waals surface area contributed by atoms with E-state index in [1.165, 1.54) is 16.9 Å². The Bertz CT molecular complexity index is 672. The Hall–Kier alpha value is -2.21. The normalized spacial score (nSPS) is 18.6. The van der Waals surface area contributed by atoms with Crippen molar-refractivity contribution in [1.29, 1.82) is 0 Å². The lowest BCUT2D eigenvalue weighted by Gasteiger charge is -2.38. The third-order valence-electron chi connectivity index (χ3n) is 4.11. The molecule has 1 fully saturated rings. The van der Waals surface area contributed by atoms with Crippen molar-refractivity contribution in [1.82, 2.24) is 14.8 Å². The fourth-order valence-corrected chi connectivity index (χ4v) is 3.31. The van der Waals surface area contributed by atoms with Gasteiger partial charge in [0.2, 0.25) is 11.8 Å². The molecule has 0 unspecified atom stereocenters. The molecule has 0 spiro atoms. The van der Waals surface area contributed by atoms with Gasteiger partial charge >= 0.3 is 0 Å². The average Bonchev–Trinajstić information content (AvgIpc) is 3.08. The van der Waals surface area contributed by atoms with Crippen LogP contribution < -0.4 is 0 Å². The number of aromatic nitrogens is 1. The third-order valence-corrected chi connectivity index (χ3v) is 4.75. The van der Waals surface area contributed by atoms with E-state index in [1.54, 1.807) is 22.2 Å². The smallest absolute Gasteiger partial charge is 0.245 e. The largest absolute Gasteiger partial charge is 0.331 e.